The number of carbonyl (C=O) groups excluding carboxylic acids is 1. The molecule has 0 saturated heterocycles. The minimum atomic E-state index is -0.336. The Kier molecular flexibility index (Phi) is 7.30. The molecule has 0 aliphatic heterocycles. The molecule has 5 aromatic rings. The number of rotatable bonds is 8. The van der Waals surface area contributed by atoms with E-state index in [1.165, 1.54) is 23.1 Å². The van der Waals surface area contributed by atoms with Gasteiger partial charge in [-0.15, -0.1) is 11.3 Å². The molecule has 180 valence electrons. The van der Waals surface area contributed by atoms with Crippen LogP contribution in [0.1, 0.15) is 10.4 Å². The molecule has 0 radical (unpaired) electrons. The number of benzene rings is 3. The molecule has 0 fully saturated rings. The van der Waals surface area contributed by atoms with Crippen molar-refractivity contribution in [1.29, 1.82) is 0 Å². The van der Waals surface area contributed by atoms with E-state index in [0.29, 0.717) is 34.1 Å². The number of nitrogens with zero attached hydrogens (tertiary/aromatic N) is 2. The maximum atomic E-state index is 13.9. The lowest BCUT2D eigenvalue weighted by Crippen LogP contribution is -2.22. The Bertz CT molecular complexity index is 1550. The molecule has 5 rings (SSSR count). The molecular formula is C29H24N2O3S2. The monoisotopic (exact) mass is 512 g/mol. The van der Waals surface area contributed by atoms with Gasteiger partial charge < -0.3 is 4.74 Å². The predicted octanol–water partition coefficient (Wildman–Crippen LogP) is 6.30. The van der Waals surface area contributed by atoms with Gasteiger partial charge in [0.15, 0.2) is 5.16 Å². The van der Waals surface area contributed by atoms with Crippen LogP contribution in [0.4, 0.5) is 0 Å². The topological polar surface area (TPSA) is 61.2 Å². The number of para-hydroxylation sites is 1. The second-order valence-electron chi connectivity index (χ2n) is 8.19. The average molecular weight is 513 g/mol. The van der Waals surface area contributed by atoms with Crippen molar-refractivity contribution in [3.05, 3.63) is 112 Å². The second kappa shape index (κ2) is 10.9. The van der Waals surface area contributed by atoms with Crippen LogP contribution in [-0.4, -0.2) is 27.9 Å². The first-order valence-corrected chi connectivity index (χ1v) is 13.4. The van der Waals surface area contributed by atoms with E-state index < -0.39 is 0 Å². The summed E-state index contributed by atoms with van der Waals surface area (Å²) in [6.45, 7) is 2.32. The number of esters is 1. The number of ether oxygens (including phenoxy) is 1. The summed E-state index contributed by atoms with van der Waals surface area (Å²) in [7, 11) is 0. The number of thioether (sulfide) groups is 1. The van der Waals surface area contributed by atoms with Crippen molar-refractivity contribution < 1.29 is 9.53 Å². The molecule has 0 aliphatic carbocycles. The van der Waals surface area contributed by atoms with Crippen LogP contribution in [0.15, 0.2) is 101 Å². The average Bonchev–Trinajstić information content (AvgIpc) is 3.25. The number of carbonyl (C=O) groups is 1. The maximum Gasteiger partial charge on any atom is 0.316 e. The van der Waals surface area contributed by atoms with E-state index in [1.807, 2.05) is 97.9 Å². The fourth-order valence-electron chi connectivity index (χ4n) is 4.09. The van der Waals surface area contributed by atoms with E-state index in [1.54, 1.807) is 4.57 Å². The van der Waals surface area contributed by atoms with Gasteiger partial charge in [0, 0.05) is 16.9 Å². The summed E-state index contributed by atoms with van der Waals surface area (Å²) in [6.07, 6.45) is 0.660. The number of hydrogen-bond acceptors (Lipinski definition) is 6. The van der Waals surface area contributed by atoms with Crippen LogP contribution in [0.25, 0.3) is 27.0 Å². The number of hydrogen-bond donors (Lipinski definition) is 0. The Morgan fingerprint density at radius 3 is 2.28 bits per heavy atom. The number of aromatic nitrogens is 2. The van der Waals surface area contributed by atoms with Crippen LogP contribution in [0.5, 0.6) is 0 Å². The molecule has 36 heavy (non-hydrogen) atoms. The van der Waals surface area contributed by atoms with Crippen LogP contribution in [-0.2, 0) is 16.0 Å². The summed E-state index contributed by atoms with van der Waals surface area (Å²) >= 11 is 2.72. The third-order valence-corrected chi connectivity index (χ3v) is 7.67. The Morgan fingerprint density at radius 1 is 0.944 bits per heavy atom. The minimum Gasteiger partial charge on any atom is -0.465 e. The standard InChI is InChI=1S/C29H24N2O3S2/c1-20-25(22-13-7-3-8-14-22)26-27(36-20)30-29(31(28(26)33)23-15-9-4-10-16-23)35-19-24(32)34-18-17-21-11-5-2-6-12-21/h2-16H,17-19H2,1H3. The molecule has 2 heterocycles. The number of thiophene rings is 1. The molecule has 0 aliphatic rings. The van der Waals surface area contributed by atoms with E-state index in [2.05, 4.69) is 0 Å². The zero-order valence-corrected chi connectivity index (χ0v) is 21.4. The van der Waals surface area contributed by atoms with Crippen LogP contribution in [0, 0.1) is 6.92 Å². The van der Waals surface area contributed by atoms with Crippen LogP contribution in [0.3, 0.4) is 0 Å². The first-order chi connectivity index (χ1) is 17.6. The first kappa shape index (κ1) is 24.0. The van der Waals surface area contributed by atoms with Crippen LogP contribution < -0.4 is 5.56 Å². The lowest BCUT2D eigenvalue weighted by atomic mass is 10.0. The van der Waals surface area contributed by atoms with Gasteiger partial charge in [0.2, 0.25) is 0 Å². The van der Waals surface area contributed by atoms with Crippen molar-refractivity contribution in [2.24, 2.45) is 0 Å². The fraction of sp³-hybridized carbons (Fsp3) is 0.138. The third kappa shape index (κ3) is 5.12. The van der Waals surface area contributed by atoms with Gasteiger partial charge in [-0.1, -0.05) is 90.6 Å². The summed E-state index contributed by atoms with van der Waals surface area (Å²) in [5.41, 5.74) is 3.58. The van der Waals surface area contributed by atoms with Crippen molar-refractivity contribution in [2.45, 2.75) is 18.5 Å². The van der Waals surface area contributed by atoms with E-state index in [9.17, 15) is 9.59 Å². The zero-order valence-electron chi connectivity index (χ0n) is 19.7. The van der Waals surface area contributed by atoms with E-state index in [4.69, 9.17) is 9.72 Å². The van der Waals surface area contributed by atoms with Crippen molar-refractivity contribution in [3.8, 4) is 16.8 Å². The molecule has 0 bridgehead atoms. The quantitative estimate of drug-likeness (QED) is 0.139. The van der Waals surface area contributed by atoms with E-state index in [-0.39, 0.29) is 17.3 Å². The summed E-state index contributed by atoms with van der Waals surface area (Å²) < 4.78 is 7.04. The van der Waals surface area contributed by atoms with Crippen molar-refractivity contribution in [1.82, 2.24) is 9.55 Å². The van der Waals surface area contributed by atoms with Crippen molar-refractivity contribution in [2.75, 3.05) is 12.4 Å². The highest BCUT2D eigenvalue weighted by Gasteiger charge is 2.21. The minimum absolute atomic E-state index is 0.0650. The highest BCUT2D eigenvalue weighted by Crippen LogP contribution is 2.36. The molecule has 0 unspecified atom stereocenters. The largest absolute Gasteiger partial charge is 0.465 e. The van der Waals surface area contributed by atoms with Gasteiger partial charge in [-0.2, -0.15) is 0 Å². The Labute approximate surface area is 217 Å². The molecule has 5 nitrogen and oxygen atoms in total. The summed E-state index contributed by atoms with van der Waals surface area (Å²) in [5.74, 6) is -0.271. The Balaban J connectivity index is 1.46. The Morgan fingerprint density at radius 2 is 1.58 bits per heavy atom. The molecule has 3 aromatic carbocycles. The first-order valence-electron chi connectivity index (χ1n) is 11.6. The van der Waals surface area contributed by atoms with Crippen molar-refractivity contribution in [3.63, 3.8) is 0 Å². The van der Waals surface area contributed by atoms with Crippen molar-refractivity contribution >= 4 is 39.3 Å². The number of fused-ring (bicyclic) bond motifs is 1. The van der Waals surface area contributed by atoms with Gasteiger partial charge in [0.05, 0.1) is 23.4 Å². The van der Waals surface area contributed by atoms with Gasteiger partial charge in [0.1, 0.15) is 4.83 Å². The molecular weight excluding hydrogens is 488 g/mol. The normalized spacial score (nSPS) is 11.0. The molecule has 0 atom stereocenters. The molecule has 0 spiro atoms. The smallest absolute Gasteiger partial charge is 0.316 e. The maximum absolute atomic E-state index is 13.9. The highest BCUT2D eigenvalue weighted by molar-refractivity contribution is 7.99. The van der Waals surface area contributed by atoms with Gasteiger partial charge in [-0.05, 0) is 30.2 Å². The molecule has 0 saturated carbocycles. The van der Waals surface area contributed by atoms with Gasteiger partial charge in [0.25, 0.3) is 5.56 Å². The summed E-state index contributed by atoms with van der Waals surface area (Å²) in [5, 5.41) is 1.07. The molecule has 0 N–H and O–H groups in total. The molecule has 0 amide bonds. The van der Waals surface area contributed by atoms with Crippen LogP contribution in [0.2, 0.25) is 0 Å². The van der Waals surface area contributed by atoms with Gasteiger partial charge in [-0.25, -0.2) is 4.98 Å². The summed E-state index contributed by atoms with van der Waals surface area (Å²) in [4.78, 5) is 33.0. The Hall–Kier alpha value is -3.68. The fourth-order valence-corrected chi connectivity index (χ4v) is 5.99. The summed E-state index contributed by atoms with van der Waals surface area (Å²) in [6, 6.07) is 29.2. The zero-order chi connectivity index (χ0) is 24.9. The van der Waals surface area contributed by atoms with Gasteiger partial charge in [-0.3, -0.25) is 14.2 Å². The molecule has 7 heteroatoms. The SMILES string of the molecule is Cc1sc2nc(SCC(=O)OCCc3ccccc3)n(-c3ccccc3)c(=O)c2c1-c1ccccc1. The predicted molar refractivity (Wildman–Crippen MR) is 147 cm³/mol. The highest BCUT2D eigenvalue weighted by atomic mass is 32.2. The lowest BCUT2D eigenvalue weighted by Gasteiger charge is -2.12. The van der Waals surface area contributed by atoms with E-state index in [0.717, 1.165) is 21.6 Å². The van der Waals surface area contributed by atoms with Crippen LogP contribution >= 0.6 is 23.1 Å². The third-order valence-electron chi connectivity index (χ3n) is 5.76. The second-order valence-corrected chi connectivity index (χ2v) is 10.3. The van der Waals surface area contributed by atoms with E-state index >= 15 is 0 Å². The van der Waals surface area contributed by atoms with Gasteiger partial charge >= 0.3 is 5.97 Å². The molecule has 2 aromatic heterocycles. The lowest BCUT2D eigenvalue weighted by molar-refractivity contribution is -0.140. The number of aryl methyl sites for hydroxylation is 1.